The molecule has 0 unspecified atom stereocenters. The molecule has 0 atom stereocenters. The third-order valence-electron chi connectivity index (χ3n) is 1.62. The maximum Gasteiger partial charge on any atom is 0.149 e. The number of hydrogen-bond acceptors (Lipinski definition) is 3. The Hall–Kier alpha value is -0.120. The van der Waals surface area contributed by atoms with E-state index >= 15 is 0 Å². The quantitative estimate of drug-likeness (QED) is 0.391. The molecule has 0 aromatic heterocycles. The van der Waals surface area contributed by atoms with Gasteiger partial charge in [0, 0.05) is 13.2 Å². The summed E-state index contributed by atoms with van der Waals surface area (Å²) in [5.41, 5.74) is 0. The number of hydrogen-bond donors (Lipinski definition) is 0. The van der Waals surface area contributed by atoms with Crippen LogP contribution in [0.25, 0.3) is 0 Å². The van der Waals surface area contributed by atoms with Gasteiger partial charge in [-0.15, -0.1) is 0 Å². The van der Waals surface area contributed by atoms with Crippen LogP contribution in [0.3, 0.4) is 0 Å². The Morgan fingerprint density at radius 2 is 1.15 bits per heavy atom. The third kappa shape index (κ3) is 11.9. The highest BCUT2D eigenvalue weighted by Crippen LogP contribution is 1.90. The van der Waals surface area contributed by atoms with Gasteiger partial charge in [-0.3, -0.25) is 0 Å². The molecular formula is C10H22O3. The molecule has 0 bridgehead atoms. The maximum atomic E-state index is 5.18. The average molecular weight is 190 g/mol. The third-order valence-corrected chi connectivity index (χ3v) is 1.62. The lowest BCUT2D eigenvalue weighted by Crippen LogP contribution is -2.06. The summed E-state index contributed by atoms with van der Waals surface area (Å²) in [5.74, 6) is 0. The van der Waals surface area contributed by atoms with Gasteiger partial charge in [0.15, 0.2) is 0 Å². The Kier molecular flexibility index (Phi) is 11.8. The summed E-state index contributed by atoms with van der Waals surface area (Å²) in [6.45, 7) is 6.55. The summed E-state index contributed by atoms with van der Waals surface area (Å²) in [6, 6.07) is 0. The van der Waals surface area contributed by atoms with Crippen molar-refractivity contribution in [1.82, 2.24) is 0 Å². The molecule has 80 valence electrons. The minimum atomic E-state index is 0.353. The second-order valence-electron chi connectivity index (χ2n) is 2.96. The molecule has 0 N–H and O–H groups in total. The van der Waals surface area contributed by atoms with Crippen LogP contribution in [0.15, 0.2) is 0 Å². The monoisotopic (exact) mass is 190 g/mol. The van der Waals surface area contributed by atoms with E-state index in [0.717, 1.165) is 38.9 Å². The molecule has 0 aromatic rings. The molecule has 0 heterocycles. The summed E-state index contributed by atoms with van der Waals surface area (Å²) in [7, 11) is 0. The molecule has 0 radical (unpaired) electrons. The van der Waals surface area contributed by atoms with Crippen LogP contribution in [0.1, 0.15) is 39.5 Å². The Bertz CT molecular complexity index is 76.2. The molecule has 0 aromatic carbocycles. The molecule has 0 aliphatic heterocycles. The van der Waals surface area contributed by atoms with Gasteiger partial charge in [0.2, 0.25) is 0 Å². The Balaban J connectivity index is 2.76. The van der Waals surface area contributed by atoms with Gasteiger partial charge in [-0.1, -0.05) is 26.7 Å². The molecule has 3 nitrogen and oxygen atoms in total. The van der Waals surface area contributed by atoms with Crippen LogP contribution in [-0.4, -0.2) is 26.8 Å². The van der Waals surface area contributed by atoms with Crippen molar-refractivity contribution in [3.8, 4) is 0 Å². The van der Waals surface area contributed by atoms with Gasteiger partial charge in [-0.25, -0.2) is 0 Å². The summed E-state index contributed by atoms with van der Waals surface area (Å²) in [6.07, 6.45) is 4.51. The van der Waals surface area contributed by atoms with Crippen molar-refractivity contribution in [3.05, 3.63) is 0 Å². The van der Waals surface area contributed by atoms with Crippen molar-refractivity contribution >= 4 is 0 Å². The molecule has 0 saturated carbocycles. The van der Waals surface area contributed by atoms with E-state index in [1.165, 1.54) is 0 Å². The highest BCUT2D eigenvalue weighted by atomic mass is 16.7. The molecule has 3 heteroatoms. The van der Waals surface area contributed by atoms with E-state index in [4.69, 9.17) is 14.2 Å². The van der Waals surface area contributed by atoms with Crippen LogP contribution in [-0.2, 0) is 14.2 Å². The van der Waals surface area contributed by atoms with Gasteiger partial charge in [0.05, 0.1) is 0 Å². The van der Waals surface area contributed by atoms with Crippen LogP contribution < -0.4 is 0 Å². The van der Waals surface area contributed by atoms with E-state index in [9.17, 15) is 0 Å². The first-order valence-corrected chi connectivity index (χ1v) is 5.15. The fourth-order valence-electron chi connectivity index (χ4n) is 0.763. The van der Waals surface area contributed by atoms with Gasteiger partial charge in [-0.2, -0.15) is 0 Å². The van der Waals surface area contributed by atoms with Crippen molar-refractivity contribution in [2.24, 2.45) is 0 Å². The van der Waals surface area contributed by atoms with Crippen LogP contribution in [0.5, 0.6) is 0 Å². The Morgan fingerprint density at radius 1 is 0.692 bits per heavy atom. The van der Waals surface area contributed by atoms with Crippen LogP contribution in [0, 0.1) is 0 Å². The molecule has 0 aliphatic carbocycles. The van der Waals surface area contributed by atoms with E-state index in [1.54, 1.807) is 0 Å². The minimum Gasteiger partial charge on any atom is -0.355 e. The van der Waals surface area contributed by atoms with Gasteiger partial charge < -0.3 is 14.2 Å². The number of unbranched alkanes of at least 4 members (excludes halogenated alkanes) is 2. The highest BCUT2D eigenvalue weighted by Gasteiger charge is 1.88. The molecule has 0 saturated heterocycles. The molecule has 0 spiro atoms. The summed E-state index contributed by atoms with van der Waals surface area (Å²) >= 11 is 0. The summed E-state index contributed by atoms with van der Waals surface area (Å²) < 4.78 is 15.4. The van der Waals surface area contributed by atoms with Crippen LogP contribution >= 0.6 is 0 Å². The molecular weight excluding hydrogens is 168 g/mol. The fraction of sp³-hybridized carbons (Fsp3) is 1.00. The number of rotatable bonds is 10. The molecule has 0 aliphatic rings. The lowest BCUT2D eigenvalue weighted by atomic mass is 10.4. The van der Waals surface area contributed by atoms with Crippen molar-refractivity contribution < 1.29 is 14.2 Å². The standard InChI is InChI=1S/C10H22O3/c1-3-5-7-11-9-13-10-12-8-6-4-2/h3-10H2,1-2H3. The second kappa shape index (κ2) is 11.9. The summed E-state index contributed by atoms with van der Waals surface area (Å²) in [5, 5.41) is 0. The predicted molar refractivity (Wildman–Crippen MR) is 52.5 cm³/mol. The van der Waals surface area contributed by atoms with E-state index in [0.29, 0.717) is 13.6 Å². The topological polar surface area (TPSA) is 27.7 Å². The average Bonchev–Trinajstić information content (AvgIpc) is 2.16. The molecule has 0 rings (SSSR count). The first-order chi connectivity index (χ1) is 6.41. The lowest BCUT2D eigenvalue weighted by Gasteiger charge is -2.05. The van der Waals surface area contributed by atoms with Crippen molar-refractivity contribution in [2.45, 2.75) is 39.5 Å². The van der Waals surface area contributed by atoms with Crippen LogP contribution in [0.4, 0.5) is 0 Å². The zero-order valence-electron chi connectivity index (χ0n) is 8.88. The Labute approximate surface area is 81.4 Å². The van der Waals surface area contributed by atoms with Crippen molar-refractivity contribution in [1.29, 1.82) is 0 Å². The molecule has 0 amide bonds. The predicted octanol–water partition coefficient (Wildman–Crippen LogP) is 2.55. The van der Waals surface area contributed by atoms with Gasteiger partial charge >= 0.3 is 0 Å². The van der Waals surface area contributed by atoms with E-state index in [2.05, 4.69) is 13.8 Å². The smallest absolute Gasteiger partial charge is 0.149 e. The Morgan fingerprint density at radius 3 is 1.54 bits per heavy atom. The highest BCUT2D eigenvalue weighted by molar-refractivity contribution is 4.29. The maximum absolute atomic E-state index is 5.18. The molecule has 0 fully saturated rings. The lowest BCUT2D eigenvalue weighted by molar-refractivity contribution is -0.131. The summed E-state index contributed by atoms with van der Waals surface area (Å²) in [4.78, 5) is 0. The largest absolute Gasteiger partial charge is 0.355 e. The van der Waals surface area contributed by atoms with Gasteiger partial charge in [0.1, 0.15) is 13.6 Å². The first kappa shape index (κ1) is 12.9. The van der Waals surface area contributed by atoms with E-state index < -0.39 is 0 Å². The van der Waals surface area contributed by atoms with Crippen LogP contribution in [0.2, 0.25) is 0 Å². The zero-order valence-corrected chi connectivity index (χ0v) is 8.88. The fourth-order valence-corrected chi connectivity index (χ4v) is 0.763. The van der Waals surface area contributed by atoms with Crippen molar-refractivity contribution in [3.63, 3.8) is 0 Å². The van der Waals surface area contributed by atoms with Crippen molar-refractivity contribution in [2.75, 3.05) is 26.8 Å². The second-order valence-corrected chi connectivity index (χ2v) is 2.96. The van der Waals surface area contributed by atoms with E-state index in [1.807, 2.05) is 0 Å². The minimum absolute atomic E-state index is 0.353. The van der Waals surface area contributed by atoms with Gasteiger partial charge in [-0.05, 0) is 12.8 Å². The number of ether oxygens (including phenoxy) is 3. The molecule has 13 heavy (non-hydrogen) atoms. The normalized spacial score (nSPS) is 10.6. The van der Waals surface area contributed by atoms with Gasteiger partial charge in [0.25, 0.3) is 0 Å². The zero-order chi connectivity index (χ0) is 9.78. The SMILES string of the molecule is CCCCOCOCOCCCC. The van der Waals surface area contributed by atoms with E-state index in [-0.39, 0.29) is 0 Å². The first-order valence-electron chi connectivity index (χ1n) is 5.15.